The van der Waals surface area contributed by atoms with Crippen molar-refractivity contribution in [3.05, 3.63) is 60.3 Å². The van der Waals surface area contributed by atoms with Crippen LogP contribution in [0.4, 0.5) is 5.69 Å². The molecule has 2 heterocycles. The Morgan fingerprint density at radius 2 is 1.67 bits per heavy atom. The van der Waals surface area contributed by atoms with Crippen molar-refractivity contribution in [2.75, 3.05) is 37.7 Å². The van der Waals surface area contributed by atoms with Crippen LogP contribution in [0.5, 0.6) is 0 Å². The van der Waals surface area contributed by atoms with Gasteiger partial charge in [-0.2, -0.15) is 5.10 Å². The summed E-state index contributed by atoms with van der Waals surface area (Å²) in [5, 5.41) is 7.47. The first-order chi connectivity index (χ1) is 13.2. The fraction of sp³-hybridized carbons (Fsp3) is 0.250. The Hall–Kier alpha value is -3.35. The Labute approximate surface area is 156 Å². The molecule has 0 aliphatic carbocycles. The summed E-state index contributed by atoms with van der Waals surface area (Å²) >= 11 is 0. The van der Waals surface area contributed by atoms with Crippen molar-refractivity contribution in [3.8, 4) is 0 Å². The van der Waals surface area contributed by atoms with Crippen molar-refractivity contribution in [1.82, 2.24) is 15.1 Å². The minimum absolute atomic E-state index is 0.184. The standard InChI is InChI=1S/C20H20N4O3/c25-18(24-12-10-23(11-13-24)15-6-2-1-3-7-15)14-27-20(26)19-16-8-4-5-9-17(16)21-22-19/h1-9H,10-14H2,(H,21,22). The zero-order valence-corrected chi connectivity index (χ0v) is 14.8. The molecule has 7 nitrogen and oxygen atoms in total. The van der Waals surface area contributed by atoms with E-state index in [1.165, 1.54) is 0 Å². The Bertz CT molecular complexity index is 946. The summed E-state index contributed by atoms with van der Waals surface area (Å²) in [6, 6.07) is 17.4. The van der Waals surface area contributed by atoms with Gasteiger partial charge < -0.3 is 14.5 Å². The van der Waals surface area contributed by atoms with Gasteiger partial charge in [-0.3, -0.25) is 9.89 Å². The summed E-state index contributed by atoms with van der Waals surface area (Å²) in [6.07, 6.45) is 0. The highest BCUT2D eigenvalue weighted by atomic mass is 16.5. The van der Waals surface area contributed by atoms with Crippen LogP contribution in [0.2, 0.25) is 0 Å². The van der Waals surface area contributed by atoms with Crippen LogP contribution < -0.4 is 4.90 Å². The number of H-pyrrole nitrogens is 1. The molecule has 7 heteroatoms. The van der Waals surface area contributed by atoms with Gasteiger partial charge in [0.05, 0.1) is 5.52 Å². The fourth-order valence-electron chi connectivity index (χ4n) is 3.26. The van der Waals surface area contributed by atoms with E-state index in [4.69, 9.17) is 4.74 Å². The predicted octanol–water partition coefficient (Wildman–Crippen LogP) is 2.07. The third-order valence-electron chi connectivity index (χ3n) is 4.74. The highest BCUT2D eigenvalue weighted by Gasteiger charge is 2.23. The van der Waals surface area contributed by atoms with Gasteiger partial charge in [-0.15, -0.1) is 0 Å². The monoisotopic (exact) mass is 364 g/mol. The lowest BCUT2D eigenvalue weighted by Gasteiger charge is -2.36. The molecule has 1 aliphatic rings. The topological polar surface area (TPSA) is 78.5 Å². The SMILES string of the molecule is O=C(OCC(=O)N1CCN(c2ccccc2)CC1)c1n[nH]c2ccccc12. The van der Waals surface area contributed by atoms with E-state index in [2.05, 4.69) is 27.2 Å². The lowest BCUT2D eigenvalue weighted by atomic mass is 10.2. The average molecular weight is 364 g/mol. The molecular formula is C20H20N4O3. The molecule has 0 radical (unpaired) electrons. The molecule has 1 aliphatic heterocycles. The first kappa shape index (κ1) is 17.1. The maximum absolute atomic E-state index is 12.4. The largest absolute Gasteiger partial charge is 0.451 e. The number of nitrogens with one attached hydrogen (secondary N) is 1. The molecule has 138 valence electrons. The third kappa shape index (κ3) is 3.62. The quantitative estimate of drug-likeness (QED) is 0.717. The third-order valence-corrected chi connectivity index (χ3v) is 4.74. The maximum atomic E-state index is 12.4. The van der Waals surface area contributed by atoms with Crippen molar-refractivity contribution in [3.63, 3.8) is 0 Å². The number of aromatic nitrogens is 2. The van der Waals surface area contributed by atoms with Gasteiger partial charge in [0.2, 0.25) is 0 Å². The Balaban J connectivity index is 1.30. The minimum Gasteiger partial charge on any atom is -0.451 e. The smallest absolute Gasteiger partial charge is 0.359 e. The van der Waals surface area contributed by atoms with E-state index in [1.54, 1.807) is 11.0 Å². The zero-order valence-electron chi connectivity index (χ0n) is 14.8. The molecule has 27 heavy (non-hydrogen) atoms. The van der Waals surface area contributed by atoms with Gasteiger partial charge in [-0.05, 0) is 18.2 Å². The van der Waals surface area contributed by atoms with Crippen molar-refractivity contribution in [2.24, 2.45) is 0 Å². The van der Waals surface area contributed by atoms with Crippen LogP contribution in [0.15, 0.2) is 54.6 Å². The summed E-state index contributed by atoms with van der Waals surface area (Å²) in [7, 11) is 0. The van der Waals surface area contributed by atoms with Crippen LogP contribution in [0.3, 0.4) is 0 Å². The molecule has 2 aromatic carbocycles. The number of ether oxygens (including phenoxy) is 1. The first-order valence-electron chi connectivity index (χ1n) is 8.90. The second-order valence-electron chi connectivity index (χ2n) is 6.40. The van der Waals surface area contributed by atoms with Crippen LogP contribution in [0.25, 0.3) is 10.9 Å². The van der Waals surface area contributed by atoms with E-state index >= 15 is 0 Å². The highest BCUT2D eigenvalue weighted by molar-refractivity contribution is 6.02. The van der Waals surface area contributed by atoms with Crippen LogP contribution in [-0.4, -0.2) is 59.8 Å². The number of fused-ring (bicyclic) bond motifs is 1. The molecule has 1 fully saturated rings. The number of nitrogens with zero attached hydrogens (tertiary/aromatic N) is 3. The Kier molecular flexibility index (Phi) is 4.74. The summed E-state index contributed by atoms with van der Waals surface area (Å²) < 4.78 is 5.19. The van der Waals surface area contributed by atoms with E-state index in [-0.39, 0.29) is 18.2 Å². The second-order valence-corrected chi connectivity index (χ2v) is 6.40. The van der Waals surface area contributed by atoms with Gasteiger partial charge in [0.1, 0.15) is 0 Å². The summed E-state index contributed by atoms with van der Waals surface area (Å²) in [5.74, 6) is -0.778. The van der Waals surface area contributed by atoms with Gasteiger partial charge in [0.15, 0.2) is 12.3 Å². The Morgan fingerprint density at radius 1 is 0.963 bits per heavy atom. The van der Waals surface area contributed by atoms with Crippen LogP contribution >= 0.6 is 0 Å². The van der Waals surface area contributed by atoms with E-state index in [9.17, 15) is 9.59 Å². The molecule has 0 saturated carbocycles. The Morgan fingerprint density at radius 3 is 2.44 bits per heavy atom. The fourth-order valence-corrected chi connectivity index (χ4v) is 3.26. The van der Waals surface area contributed by atoms with E-state index < -0.39 is 5.97 Å². The van der Waals surface area contributed by atoms with Gasteiger partial charge in [-0.25, -0.2) is 4.79 Å². The first-order valence-corrected chi connectivity index (χ1v) is 8.90. The molecule has 0 spiro atoms. The van der Waals surface area contributed by atoms with Crippen LogP contribution in [-0.2, 0) is 9.53 Å². The number of carbonyl (C=O) groups is 2. The zero-order chi connectivity index (χ0) is 18.6. The summed E-state index contributed by atoms with van der Waals surface area (Å²) in [4.78, 5) is 28.6. The molecular weight excluding hydrogens is 344 g/mol. The predicted molar refractivity (Wildman–Crippen MR) is 102 cm³/mol. The highest BCUT2D eigenvalue weighted by Crippen LogP contribution is 2.17. The van der Waals surface area contributed by atoms with Crippen molar-refractivity contribution in [2.45, 2.75) is 0 Å². The van der Waals surface area contributed by atoms with Crippen molar-refractivity contribution >= 4 is 28.5 Å². The van der Waals surface area contributed by atoms with Gasteiger partial charge in [0, 0.05) is 37.3 Å². The van der Waals surface area contributed by atoms with E-state index in [0.29, 0.717) is 18.5 Å². The number of rotatable bonds is 4. The average Bonchev–Trinajstić information content (AvgIpc) is 3.17. The second kappa shape index (κ2) is 7.49. The molecule has 1 N–H and O–H groups in total. The lowest BCUT2D eigenvalue weighted by Crippen LogP contribution is -2.49. The number of para-hydroxylation sites is 2. The van der Waals surface area contributed by atoms with Gasteiger partial charge in [0.25, 0.3) is 5.91 Å². The summed E-state index contributed by atoms with van der Waals surface area (Å²) in [6.45, 7) is 2.46. The van der Waals surface area contributed by atoms with Gasteiger partial charge >= 0.3 is 5.97 Å². The molecule has 1 amide bonds. The number of hydrogen-bond donors (Lipinski definition) is 1. The minimum atomic E-state index is -0.594. The van der Waals surface area contributed by atoms with Crippen LogP contribution in [0, 0.1) is 0 Å². The molecule has 0 bridgehead atoms. The molecule has 4 rings (SSSR count). The maximum Gasteiger partial charge on any atom is 0.359 e. The van der Waals surface area contributed by atoms with E-state index in [1.807, 2.05) is 36.4 Å². The number of aromatic amines is 1. The van der Waals surface area contributed by atoms with Crippen molar-refractivity contribution < 1.29 is 14.3 Å². The number of piperazine rings is 1. The van der Waals surface area contributed by atoms with E-state index in [0.717, 1.165) is 24.3 Å². The molecule has 1 aromatic heterocycles. The number of hydrogen-bond acceptors (Lipinski definition) is 5. The lowest BCUT2D eigenvalue weighted by molar-refractivity contribution is -0.134. The molecule has 0 unspecified atom stereocenters. The number of anilines is 1. The molecule has 0 atom stereocenters. The number of carbonyl (C=O) groups excluding carboxylic acids is 2. The summed E-state index contributed by atoms with van der Waals surface area (Å²) in [5.41, 5.74) is 2.11. The number of esters is 1. The molecule has 3 aromatic rings. The normalized spacial score (nSPS) is 14.4. The van der Waals surface area contributed by atoms with Crippen molar-refractivity contribution in [1.29, 1.82) is 0 Å². The number of benzene rings is 2. The van der Waals surface area contributed by atoms with Gasteiger partial charge in [-0.1, -0.05) is 36.4 Å². The number of amides is 1. The van der Waals surface area contributed by atoms with Crippen LogP contribution in [0.1, 0.15) is 10.5 Å². The molecule has 1 saturated heterocycles.